The molecular weight excluding hydrogens is 301 g/mol. The number of pyridine rings is 1. The first-order chi connectivity index (χ1) is 10.7. The Kier molecular flexibility index (Phi) is 6.16. The van der Waals surface area contributed by atoms with Gasteiger partial charge in [0.05, 0.1) is 6.61 Å². The summed E-state index contributed by atoms with van der Waals surface area (Å²) in [4.78, 5) is 14.6. The van der Waals surface area contributed by atoms with Crippen LogP contribution in [0.25, 0.3) is 10.8 Å². The van der Waals surface area contributed by atoms with Gasteiger partial charge in [-0.25, -0.2) is 9.78 Å². The maximum atomic E-state index is 10.7. The van der Waals surface area contributed by atoms with Crippen molar-refractivity contribution in [2.75, 3.05) is 6.61 Å². The minimum absolute atomic E-state index is 0. The predicted molar refractivity (Wildman–Crippen MR) is 85.5 cm³/mol. The van der Waals surface area contributed by atoms with Crippen LogP contribution in [0.3, 0.4) is 0 Å². The Balaban J connectivity index is 0.00000144. The van der Waals surface area contributed by atoms with Crippen LogP contribution in [-0.2, 0) is 6.42 Å². The summed E-state index contributed by atoms with van der Waals surface area (Å²) in [6, 6.07) is 17.3. The molecule has 3 rings (SSSR count). The van der Waals surface area contributed by atoms with Gasteiger partial charge in [0.15, 0.2) is 0 Å². The SMILES string of the molecule is O=C(O)c1ccc(CCOc2cccc3ccccc23)cn1.[H-].[Na+]. The van der Waals surface area contributed by atoms with E-state index in [2.05, 4.69) is 17.1 Å². The molecule has 0 amide bonds. The molecule has 0 saturated heterocycles. The molecule has 0 aliphatic rings. The maximum absolute atomic E-state index is 10.7. The first kappa shape index (κ1) is 17.5. The van der Waals surface area contributed by atoms with Crippen molar-refractivity contribution in [3.05, 3.63) is 72.1 Å². The van der Waals surface area contributed by atoms with Gasteiger partial charge in [-0.3, -0.25) is 0 Å². The zero-order valence-electron chi connectivity index (χ0n) is 13.9. The molecule has 1 aromatic heterocycles. The fourth-order valence-corrected chi connectivity index (χ4v) is 2.30. The van der Waals surface area contributed by atoms with Gasteiger partial charge in [0.25, 0.3) is 0 Å². The zero-order valence-corrected chi connectivity index (χ0v) is 14.9. The summed E-state index contributed by atoms with van der Waals surface area (Å²) in [6.07, 6.45) is 2.26. The number of carboxylic acid groups (broad SMARTS) is 1. The third kappa shape index (κ3) is 4.32. The molecule has 2 aromatic carbocycles. The molecule has 0 radical (unpaired) electrons. The number of aromatic carboxylic acids is 1. The first-order valence-corrected chi connectivity index (χ1v) is 7.03. The van der Waals surface area contributed by atoms with E-state index < -0.39 is 5.97 Å². The number of aromatic nitrogens is 1. The van der Waals surface area contributed by atoms with Crippen molar-refractivity contribution in [1.29, 1.82) is 0 Å². The Hall–Kier alpha value is -1.88. The Morgan fingerprint density at radius 1 is 1.09 bits per heavy atom. The van der Waals surface area contributed by atoms with Gasteiger partial charge in [-0.15, -0.1) is 0 Å². The number of benzene rings is 2. The topological polar surface area (TPSA) is 59.4 Å². The second-order valence-corrected chi connectivity index (χ2v) is 4.93. The molecule has 0 atom stereocenters. The van der Waals surface area contributed by atoms with Crippen molar-refractivity contribution in [1.82, 2.24) is 4.98 Å². The summed E-state index contributed by atoms with van der Waals surface area (Å²) in [5.41, 5.74) is 1.00. The molecule has 0 unspecified atom stereocenters. The van der Waals surface area contributed by atoms with Crippen molar-refractivity contribution >= 4 is 16.7 Å². The first-order valence-electron chi connectivity index (χ1n) is 7.03. The molecule has 5 heteroatoms. The molecule has 23 heavy (non-hydrogen) atoms. The van der Waals surface area contributed by atoms with E-state index in [1.807, 2.05) is 30.3 Å². The predicted octanol–water partition coefficient (Wildman–Crippen LogP) is 0.671. The van der Waals surface area contributed by atoms with E-state index in [9.17, 15) is 4.79 Å². The Bertz CT molecular complexity index is 803. The summed E-state index contributed by atoms with van der Waals surface area (Å²) in [5.74, 6) is -0.160. The molecule has 0 bridgehead atoms. The van der Waals surface area contributed by atoms with Gasteiger partial charge in [0, 0.05) is 18.0 Å². The number of fused-ring (bicyclic) bond motifs is 1. The van der Waals surface area contributed by atoms with Gasteiger partial charge < -0.3 is 11.3 Å². The fourth-order valence-electron chi connectivity index (χ4n) is 2.30. The van der Waals surface area contributed by atoms with Crippen molar-refractivity contribution in [2.45, 2.75) is 6.42 Å². The van der Waals surface area contributed by atoms with Crippen LogP contribution in [0.5, 0.6) is 5.75 Å². The number of hydrogen-bond acceptors (Lipinski definition) is 3. The molecule has 1 heterocycles. The summed E-state index contributed by atoms with van der Waals surface area (Å²) in [7, 11) is 0. The van der Waals surface area contributed by atoms with E-state index in [1.165, 1.54) is 6.07 Å². The minimum atomic E-state index is -1.02. The van der Waals surface area contributed by atoms with Crippen LogP contribution in [0, 0.1) is 0 Å². The van der Waals surface area contributed by atoms with Crippen molar-refractivity contribution < 1.29 is 45.6 Å². The third-order valence-corrected chi connectivity index (χ3v) is 3.44. The van der Waals surface area contributed by atoms with E-state index in [4.69, 9.17) is 9.84 Å². The molecular formula is C18H16NNaO3. The number of hydrogen-bond donors (Lipinski definition) is 1. The molecule has 0 aliphatic carbocycles. The van der Waals surface area contributed by atoms with Gasteiger partial charge in [0.2, 0.25) is 0 Å². The van der Waals surface area contributed by atoms with E-state index in [-0.39, 0.29) is 36.7 Å². The Morgan fingerprint density at radius 3 is 2.61 bits per heavy atom. The average molecular weight is 317 g/mol. The monoisotopic (exact) mass is 317 g/mol. The molecule has 0 fully saturated rings. The molecule has 1 N–H and O–H groups in total. The van der Waals surface area contributed by atoms with Crippen LogP contribution in [0.1, 0.15) is 17.5 Å². The largest absolute Gasteiger partial charge is 1.00 e. The second-order valence-electron chi connectivity index (χ2n) is 4.93. The summed E-state index contributed by atoms with van der Waals surface area (Å²) in [6.45, 7) is 0.516. The molecule has 0 spiro atoms. The number of rotatable bonds is 5. The summed E-state index contributed by atoms with van der Waals surface area (Å²) >= 11 is 0. The van der Waals surface area contributed by atoms with Crippen LogP contribution in [0.15, 0.2) is 60.8 Å². The second kappa shape index (κ2) is 8.11. The van der Waals surface area contributed by atoms with Crippen LogP contribution in [0.2, 0.25) is 0 Å². The standard InChI is InChI=1S/C18H15NO3.Na.H/c20-18(21)16-9-8-13(12-19-16)10-11-22-17-7-3-5-14-4-1-2-6-15(14)17;;/h1-9,12H,10-11H2,(H,20,21);;/q;+1;-1. The molecule has 3 aromatic rings. The molecule has 0 saturated carbocycles. The molecule has 4 nitrogen and oxygen atoms in total. The van der Waals surface area contributed by atoms with Crippen LogP contribution in [-0.4, -0.2) is 22.7 Å². The Labute approximate surface area is 157 Å². The normalized spacial score (nSPS) is 10.1. The number of ether oxygens (including phenoxy) is 1. The number of nitrogens with zero attached hydrogens (tertiary/aromatic N) is 1. The zero-order chi connectivity index (χ0) is 15.4. The van der Waals surface area contributed by atoms with E-state index in [0.29, 0.717) is 13.0 Å². The Morgan fingerprint density at radius 2 is 1.87 bits per heavy atom. The fraction of sp³-hybridized carbons (Fsp3) is 0.111. The summed E-state index contributed by atoms with van der Waals surface area (Å²) < 4.78 is 5.86. The minimum Gasteiger partial charge on any atom is -1.00 e. The van der Waals surface area contributed by atoms with Crippen molar-refractivity contribution in [2.24, 2.45) is 0 Å². The molecule has 0 aliphatic heterocycles. The number of carbonyl (C=O) groups is 1. The third-order valence-electron chi connectivity index (χ3n) is 3.44. The van der Waals surface area contributed by atoms with Gasteiger partial charge in [-0.1, -0.05) is 42.5 Å². The average Bonchev–Trinajstić information content (AvgIpc) is 2.55. The van der Waals surface area contributed by atoms with Gasteiger partial charge in [-0.05, 0) is 23.1 Å². The van der Waals surface area contributed by atoms with E-state index >= 15 is 0 Å². The van der Waals surface area contributed by atoms with Crippen LogP contribution in [0.4, 0.5) is 0 Å². The van der Waals surface area contributed by atoms with E-state index in [1.54, 1.807) is 12.3 Å². The quantitative estimate of drug-likeness (QED) is 0.703. The van der Waals surface area contributed by atoms with Gasteiger partial charge in [-0.2, -0.15) is 0 Å². The molecule has 112 valence electrons. The van der Waals surface area contributed by atoms with Crippen molar-refractivity contribution in [3.8, 4) is 5.75 Å². The van der Waals surface area contributed by atoms with E-state index in [0.717, 1.165) is 22.1 Å². The van der Waals surface area contributed by atoms with Crippen LogP contribution < -0.4 is 34.3 Å². The smallest absolute Gasteiger partial charge is 1.00 e. The maximum Gasteiger partial charge on any atom is 1.00 e. The van der Waals surface area contributed by atoms with Crippen LogP contribution >= 0.6 is 0 Å². The number of carboxylic acids is 1. The van der Waals surface area contributed by atoms with Gasteiger partial charge >= 0.3 is 35.5 Å². The van der Waals surface area contributed by atoms with Crippen molar-refractivity contribution in [3.63, 3.8) is 0 Å². The summed E-state index contributed by atoms with van der Waals surface area (Å²) in [5, 5.41) is 11.0. The van der Waals surface area contributed by atoms with Gasteiger partial charge in [0.1, 0.15) is 11.4 Å².